The highest BCUT2D eigenvalue weighted by molar-refractivity contribution is 6.29. The molecule has 0 atom stereocenters. The van der Waals surface area contributed by atoms with E-state index >= 15 is 0 Å². The number of aromatic nitrogens is 2. The molecule has 14 heavy (non-hydrogen) atoms. The first-order chi connectivity index (χ1) is 6.79. The summed E-state index contributed by atoms with van der Waals surface area (Å²) in [6, 6.07) is 9.98. The van der Waals surface area contributed by atoms with Crippen molar-refractivity contribution < 1.29 is 4.39 Å². The Morgan fingerprint density at radius 3 is 1.79 bits per heavy atom. The van der Waals surface area contributed by atoms with Gasteiger partial charge in [0, 0.05) is 12.4 Å². The molecule has 0 saturated carbocycles. The molecule has 72 valence electrons. The standard InChI is InChI=1S/C5H4ClN.C5H4FN/c2*6-5-3-1-2-4-7-5/h2*1-4H. The van der Waals surface area contributed by atoms with E-state index in [0.717, 1.165) is 0 Å². The SMILES string of the molecule is Clc1ccccn1.Fc1ccccn1. The zero-order chi connectivity index (χ0) is 10.2. The Labute approximate surface area is 86.4 Å². The summed E-state index contributed by atoms with van der Waals surface area (Å²) in [4.78, 5) is 7.06. The summed E-state index contributed by atoms with van der Waals surface area (Å²) in [5, 5.41) is 0.544. The molecule has 0 N–H and O–H groups in total. The number of hydrogen-bond acceptors (Lipinski definition) is 2. The largest absolute Gasteiger partial charge is 0.245 e. The third kappa shape index (κ3) is 4.52. The lowest BCUT2D eigenvalue weighted by atomic mass is 10.5. The number of pyridine rings is 2. The zero-order valence-corrected chi connectivity index (χ0v) is 8.03. The maximum Gasteiger partial charge on any atom is 0.212 e. The normalized spacial score (nSPS) is 8.71. The highest BCUT2D eigenvalue weighted by Crippen LogP contribution is 1.98. The molecule has 0 aliphatic carbocycles. The van der Waals surface area contributed by atoms with Crippen LogP contribution in [0.25, 0.3) is 0 Å². The van der Waals surface area contributed by atoms with Crippen molar-refractivity contribution in [2.45, 2.75) is 0 Å². The van der Waals surface area contributed by atoms with Crippen molar-refractivity contribution in [3.8, 4) is 0 Å². The van der Waals surface area contributed by atoms with Gasteiger partial charge in [0.05, 0.1) is 0 Å². The predicted molar refractivity (Wildman–Crippen MR) is 53.4 cm³/mol. The number of nitrogens with zero attached hydrogens (tertiary/aromatic N) is 2. The van der Waals surface area contributed by atoms with Gasteiger partial charge in [0.15, 0.2) is 0 Å². The summed E-state index contributed by atoms with van der Waals surface area (Å²) in [6.07, 6.45) is 3.07. The third-order valence-corrected chi connectivity index (χ3v) is 1.48. The van der Waals surface area contributed by atoms with E-state index in [2.05, 4.69) is 9.97 Å². The molecule has 0 aliphatic rings. The highest BCUT2D eigenvalue weighted by Gasteiger charge is 1.78. The van der Waals surface area contributed by atoms with Gasteiger partial charge in [-0.05, 0) is 24.3 Å². The van der Waals surface area contributed by atoms with Gasteiger partial charge in [0.25, 0.3) is 0 Å². The van der Waals surface area contributed by atoms with Gasteiger partial charge in [-0.2, -0.15) is 4.39 Å². The first-order valence-electron chi connectivity index (χ1n) is 3.92. The lowest BCUT2D eigenvalue weighted by Gasteiger charge is -1.79. The molecular formula is C10H8ClFN2. The second-order valence-electron chi connectivity index (χ2n) is 2.30. The van der Waals surface area contributed by atoms with E-state index in [1.165, 1.54) is 12.3 Å². The van der Waals surface area contributed by atoms with Crippen molar-refractivity contribution in [1.82, 2.24) is 9.97 Å². The molecule has 4 heteroatoms. The van der Waals surface area contributed by atoms with Gasteiger partial charge in [-0.1, -0.05) is 23.7 Å². The van der Waals surface area contributed by atoms with Crippen molar-refractivity contribution >= 4 is 11.6 Å². The Morgan fingerprint density at radius 1 is 0.929 bits per heavy atom. The first kappa shape index (κ1) is 10.6. The average molecular weight is 211 g/mol. The van der Waals surface area contributed by atoms with Gasteiger partial charge in [-0.15, -0.1) is 0 Å². The molecule has 0 aromatic carbocycles. The fraction of sp³-hybridized carbons (Fsp3) is 0. The lowest BCUT2D eigenvalue weighted by molar-refractivity contribution is 0.584. The molecule has 0 saturated heterocycles. The molecule has 0 fully saturated rings. The third-order valence-electron chi connectivity index (χ3n) is 1.26. The quantitative estimate of drug-likeness (QED) is 0.625. The van der Waals surface area contributed by atoms with Crippen LogP contribution in [-0.4, -0.2) is 9.97 Å². The first-order valence-corrected chi connectivity index (χ1v) is 4.30. The number of hydrogen-bond donors (Lipinski definition) is 0. The number of halogens is 2. The van der Waals surface area contributed by atoms with Crippen LogP contribution in [0.4, 0.5) is 4.39 Å². The van der Waals surface area contributed by atoms with Crippen LogP contribution in [0.1, 0.15) is 0 Å². The predicted octanol–water partition coefficient (Wildman–Crippen LogP) is 2.96. The summed E-state index contributed by atoms with van der Waals surface area (Å²) < 4.78 is 11.8. The Kier molecular flexibility index (Phi) is 4.58. The fourth-order valence-corrected chi connectivity index (χ4v) is 0.813. The molecule has 2 aromatic rings. The summed E-state index contributed by atoms with van der Waals surface area (Å²) in [5.74, 6) is -0.428. The van der Waals surface area contributed by atoms with E-state index in [4.69, 9.17) is 11.6 Å². The van der Waals surface area contributed by atoms with Crippen LogP contribution in [0.5, 0.6) is 0 Å². The van der Waals surface area contributed by atoms with Crippen molar-refractivity contribution in [3.63, 3.8) is 0 Å². The molecule has 0 bridgehead atoms. The van der Waals surface area contributed by atoms with Crippen LogP contribution in [0.15, 0.2) is 48.8 Å². The highest BCUT2D eigenvalue weighted by atomic mass is 35.5. The summed E-state index contributed by atoms with van der Waals surface area (Å²) in [7, 11) is 0. The second-order valence-corrected chi connectivity index (χ2v) is 2.69. The lowest BCUT2D eigenvalue weighted by Crippen LogP contribution is -1.73. The van der Waals surface area contributed by atoms with Crippen molar-refractivity contribution in [2.75, 3.05) is 0 Å². The van der Waals surface area contributed by atoms with Crippen molar-refractivity contribution in [2.24, 2.45) is 0 Å². The zero-order valence-electron chi connectivity index (χ0n) is 7.27. The molecular weight excluding hydrogens is 203 g/mol. The maximum absolute atomic E-state index is 11.8. The molecule has 0 unspecified atom stereocenters. The van der Waals surface area contributed by atoms with Crippen LogP contribution < -0.4 is 0 Å². The van der Waals surface area contributed by atoms with Gasteiger partial charge in [0.2, 0.25) is 5.95 Å². The summed E-state index contributed by atoms with van der Waals surface area (Å²) in [5.41, 5.74) is 0. The van der Waals surface area contributed by atoms with E-state index in [0.29, 0.717) is 5.15 Å². The molecule has 0 amide bonds. The van der Waals surface area contributed by atoms with Gasteiger partial charge in [-0.3, -0.25) is 0 Å². The van der Waals surface area contributed by atoms with Crippen LogP contribution in [0, 0.1) is 5.95 Å². The summed E-state index contributed by atoms with van der Waals surface area (Å²) in [6.45, 7) is 0. The van der Waals surface area contributed by atoms with E-state index in [9.17, 15) is 4.39 Å². The van der Waals surface area contributed by atoms with E-state index < -0.39 is 5.95 Å². The molecule has 2 nitrogen and oxygen atoms in total. The fourth-order valence-electron chi connectivity index (χ4n) is 0.684. The molecule has 2 aromatic heterocycles. The van der Waals surface area contributed by atoms with Crippen LogP contribution in [0.3, 0.4) is 0 Å². The van der Waals surface area contributed by atoms with Crippen LogP contribution in [0.2, 0.25) is 5.15 Å². The molecule has 0 radical (unpaired) electrons. The Bertz CT molecular complexity index is 316. The topological polar surface area (TPSA) is 25.8 Å². The minimum atomic E-state index is -0.428. The van der Waals surface area contributed by atoms with Crippen molar-refractivity contribution in [1.29, 1.82) is 0 Å². The Balaban J connectivity index is 0.000000140. The average Bonchev–Trinajstić information content (AvgIpc) is 2.21. The maximum atomic E-state index is 11.8. The number of rotatable bonds is 0. The van der Waals surface area contributed by atoms with E-state index in [1.807, 2.05) is 12.1 Å². The molecule has 2 heterocycles. The van der Waals surface area contributed by atoms with Crippen LogP contribution in [-0.2, 0) is 0 Å². The molecule has 0 spiro atoms. The van der Waals surface area contributed by atoms with E-state index in [-0.39, 0.29) is 0 Å². The Morgan fingerprint density at radius 2 is 1.57 bits per heavy atom. The van der Waals surface area contributed by atoms with Gasteiger partial charge in [-0.25, -0.2) is 9.97 Å². The summed E-state index contributed by atoms with van der Waals surface area (Å²) >= 11 is 5.43. The monoisotopic (exact) mass is 210 g/mol. The van der Waals surface area contributed by atoms with Gasteiger partial charge >= 0.3 is 0 Å². The van der Waals surface area contributed by atoms with Crippen LogP contribution >= 0.6 is 11.6 Å². The molecule has 2 rings (SSSR count). The Hall–Kier alpha value is -1.48. The minimum absolute atomic E-state index is 0.428. The van der Waals surface area contributed by atoms with E-state index in [1.54, 1.807) is 24.4 Å². The second kappa shape index (κ2) is 6.05. The van der Waals surface area contributed by atoms with Crippen molar-refractivity contribution in [3.05, 3.63) is 59.9 Å². The smallest absolute Gasteiger partial charge is 0.212 e. The van der Waals surface area contributed by atoms with Gasteiger partial charge in [0.1, 0.15) is 5.15 Å². The molecule has 0 aliphatic heterocycles. The minimum Gasteiger partial charge on any atom is -0.245 e. The van der Waals surface area contributed by atoms with Gasteiger partial charge < -0.3 is 0 Å².